The molecular weight excluding hydrogens is 316 g/mol. The number of esters is 2. The molecule has 25 heavy (non-hydrogen) atoms. The van der Waals surface area contributed by atoms with Gasteiger partial charge in [0, 0.05) is 0 Å². The molecule has 0 bridgehead atoms. The minimum absolute atomic E-state index is 0.135. The molecule has 0 saturated heterocycles. The van der Waals surface area contributed by atoms with Crippen molar-refractivity contribution in [2.24, 2.45) is 5.41 Å². The van der Waals surface area contributed by atoms with Crippen LogP contribution in [0.2, 0.25) is 0 Å². The summed E-state index contributed by atoms with van der Waals surface area (Å²) in [6.45, 7) is 10.5. The standard InChI is InChI=1S/C21H32O4/c1-6-7-8-9-10-14-24-19(22)17-12-11-13-18(15-17)20(23)25-16(2)21(3,4)5/h11-13,15-16H,6-10,14H2,1-5H3. The Balaban J connectivity index is 2.56. The van der Waals surface area contributed by atoms with E-state index in [0.717, 1.165) is 12.8 Å². The Hall–Kier alpha value is -1.84. The lowest BCUT2D eigenvalue weighted by molar-refractivity contribution is 0.00479. The summed E-state index contributed by atoms with van der Waals surface area (Å²) in [5, 5.41) is 0. The van der Waals surface area contributed by atoms with E-state index in [1.54, 1.807) is 18.2 Å². The van der Waals surface area contributed by atoms with E-state index in [1.165, 1.54) is 25.3 Å². The number of hydrogen-bond acceptors (Lipinski definition) is 4. The van der Waals surface area contributed by atoms with Gasteiger partial charge in [0.15, 0.2) is 0 Å². The van der Waals surface area contributed by atoms with Crippen molar-refractivity contribution in [1.29, 1.82) is 0 Å². The van der Waals surface area contributed by atoms with Crippen LogP contribution in [-0.4, -0.2) is 24.6 Å². The Morgan fingerprint density at radius 3 is 2.20 bits per heavy atom. The summed E-state index contributed by atoms with van der Waals surface area (Å²) in [6, 6.07) is 6.52. The molecule has 0 aromatic heterocycles. The minimum atomic E-state index is -0.420. The van der Waals surface area contributed by atoms with Crippen LogP contribution in [-0.2, 0) is 9.47 Å². The summed E-state index contributed by atoms with van der Waals surface area (Å²) < 4.78 is 10.8. The van der Waals surface area contributed by atoms with Gasteiger partial charge in [-0.2, -0.15) is 0 Å². The first kappa shape index (κ1) is 21.2. The number of carbonyl (C=O) groups excluding carboxylic acids is 2. The number of benzene rings is 1. The molecule has 4 nitrogen and oxygen atoms in total. The van der Waals surface area contributed by atoms with E-state index in [2.05, 4.69) is 6.92 Å². The molecule has 0 fully saturated rings. The molecule has 0 aliphatic heterocycles. The van der Waals surface area contributed by atoms with Crippen LogP contribution >= 0.6 is 0 Å². The number of hydrogen-bond donors (Lipinski definition) is 0. The van der Waals surface area contributed by atoms with Crippen LogP contribution < -0.4 is 0 Å². The fourth-order valence-corrected chi connectivity index (χ4v) is 2.13. The SMILES string of the molecule is CCCCCCCOC(=O)c1cccc(C(=O)OC(C)C(C)(C)C)c1. The summed E-state index contributed by atoms with van der Waals surface area (Å²) in [7, 11) is 0. The number of rotatable bonds is 9. The van der Waals surface area contributed by atoms with Gasteiger partial charge < -0.3 is 9.47 Å². The monoisotopic (exact) mass is 348 g/mol. The Morgan fingerprint density at radius 1 is 1.00 bits per heavy atom. The van der Waals surface area contributed by atoms with Crippen molar-refractivity contribution in [3.63, 3.8) is 0 Å². The topological polar surface area (TPSA) is 52.6 Å². The van der Waals surface area contributed by atoms with Gasteiger partial charge in [-0.1, -0.05) is 59.4 Å². The van der Waals surface area contributed by atoms with Crippen LogP contribution in [0.1, 0.15) is 87.4 Å². The van der Waals surface area contributed by atoms with E-state index in [4.69, 9.17) is 9.47 Å². The second kappa shape index (κ2) is 10.2. The maximum atomic E-state index is 12.3. The van der Waals surface area contributed by atoms with Crippen molar-refractivity contribution >= 4 is 11.9 Å². The van der Waals surface area contributed by atoms with Gasteiger partial charge in [-0.3, -0.25) is 0 Å². The molecule has 0 heterocycles. The first-order valence-corrected chi connectivity index (χ1v) is 9.24. The lowest BCUT2D eigenvalue weighted by atomic mass is 9.90. The average Bonchev–Trinajstić information content (AvgIpc) is 2.57. The van der Waals surface area contributed by atoms with Crippen molar-refractivity contribution < 1.29 is 19.1 Å². The van der Waals surface area contributed by atoms with Crippen molar-refractivity contribution in [3.05, 3.63) is 35.4 Å². The summed E-state index contributed by atoms with van der Waals surface area (Å²) in [4.78, 5) is 24.4. The van der Waals surface area contributed by atoms with Crippen LogP contribution in [0.15, 0.2) is 24.3 Å². The fourth-order valence-electron chi connectivity index (χ4n) is 2.13. The zero-order valence-corrected chi connectivity index (χ0v) is 16.3. The van der Waals surface area contributed by atoms with Gasteiger partial charge in [-0.25, -0.2) is 9.59 Å². The number of ether oxygens (including phenoxy) is 2. The smallest absolute Gasteiger partial charge is 0.338 e. The molecule has 4 heteroatoms. The summed E-state index contributed by atoms with van der Waals surface area (Å²) >= 11 is 0. The zero-order valence-electron chi connectivity index (χ0n) is 16.3. The zero-order chi connectivity index (χ0) is 18.9. The molecular formula is C21H32O4. The van der Waals surface area contributed by atoms with E-state index in [-0.39, 0.29) is 11.5 Å². The lowest BCUT2D eigenvalue weighted by Gasteiger charge is -2.26. The predicted octanol–water partition coefficient (Wildman–Crippen LogP) is 5.41. The molecule has 1 atom stereocenters. The Bertz CT molecular complexity index is 557. The van der Waals surface area contributed by atoms with Crippen LogP contribution in [0.5, 0.6) is 0 Å². The molecule has 1 unspecified atom stereocenters. The molecule has 0 aliphatic carbocycles. The largest absolute Gasteiger partial charge is 0.462 e. The van der Waals surface area contributed by atoms with Gasteiger partial charge in [-0.05, 0) is 37.0 Å². The van der Waals surface area contributed by atoms with Gasteiger partial charge in [0.1, 0.15) is 6.10 Å². The van der Waals surface area contributed by atoms with E-state index in [0.29, 0.717) is 17.7 Å². The first-order chi connectivity index (χ1) is 11.8. The van der Waals surface area contributed by atoms with E-state index < -0.39 is 11.9 Å². The van der Waals surface area contributed by atoms with Gasteiger partial charge in [0.2, 0.25) is 0 Å². The Morgan fingerprint density at radius 2 is 1.60 bits per heavy atom. The van der Waals surface area contributed by atoms with Crippen molar-refractivity contribution in [2.45, 2.75) is 72.8 Å². The number of unbranched alkanes of at least 4 members (excludes halogenated alkanes) is 4. The van der Waals surface area contributed by atoms with Crippen LogP contribution in [0.4, 0.5) is 0 Å². The van der Waals surface area contributed by atoms with Gasteiger partial charge in [0.05, 0.1) is 17.7 Å². The van der Waals surface area contributed by atoms with Crippen LogP contribution in [0.25, 0.3) is 0 Å². The molecule has 1 rings (SSSR count). The average molecular weight is 348 g/mol. The maximum absolute atomic E-state index is 12.3. The molecule has 1 aromatic rings. The van der Waals surface area contributed by atoms with Crippen molar-refractivity contribution in [3.8, 4) is 0 Å². The quantitative estimate of drug-likeness (QED) is 0.442. The minimum Gasteiger partial charge on any atom is -0.462 e. The van der Waals surface area contributed by atoms with Crippen molar-refractivity contribution in [2.75, 3.05) is 6.61 Å². The highest BCUT2D eigenvalue weighted by Gasteiger charge is 2.24. The van der Waals surface area contributed by atoms with Crippen molar-refractivity contribution in [1.82, 2.24) is 0 Å². The summed E-state index contributed by atoms with van der Waals surface area (Å²) in [6.07, 6.45) is 5.29. The third kappa shape index (κ3) is 7.72. The first-order valence-electron chi connectivity index (χ1n) is 9.24. The lowest BCUT2D eigenvalue weighted by Crippen LogP contribution is -2.28. The molecule has 0 spiro atoms. The van der Waals surface area contributed by atoms with Gasteiger partial charge >= 0.3 is 11.9 Å². The third-order valence-corrected chi connectivity index (χ3v) is 4.32. The normalized spacial score (nSPS) is 12.5. The second-order valence-corrected chi connectivity index (χ2v) is 7.54. The highest BCUT2D eigenvalue weighted by Crippen LogP contribution is 2.23. The molecule has 1 aromatic carbocycles. The fraction of sp³-hybridized carbons (Fsp3) is 0.619. The molecule has 0 N–H and O–H groups in total. The van der Waals surface area contributed by atoms with Gasteiger partial charge in [-0.15, -0.1) is 0 Å². The predicted molar refractivity (Wildman–Crippen MR) is 99.8 cm³/mol. The Labute approximate surface area is 151 Å². The van der Waals surface area contributed by atoms with Crippen LogP contribution in [0, 0.1) is 5.41 Å². The van der Waals surface area contributed by atoms with E-state index in [9.17, 15) is 9.59 Å². The number of carbonyl (C=O) groups is 2. The molecule has 0 radical (unpaired) electrons. The van der Waals surface area contributed by atoms with E-state index in [1.807, 2.05) is 27.7 Å². The highest BCUT2D eigenvalue weighted by atomic mass is 16.5. The second-order valence-electron chi connectivity index (χ2n) is 7.54. The summed E-state index contributed by atoms with van der Waals surface area (Å²) in [5.41, 5.74) is 0.615. The van der Waals surface area contributed by atoms with Gasteiger partial charge in [0.25, 0.3) is 0 Å². The molecule has 0 aliphatic rings. The summed E-state index contributed by atoms with van der Waals surface area (Å²) in [5.74, 6) is -0.814. The third-order valence-electron chi connectivity index (χ3n) is 4.32. The molecule has 140 valence electrons. The molecule has 0 saturated carbocycles. The van der Waals surface area contributed by atoms with Crippen LogP contribution in [0.3, 0.4) is 0 Å². The highest BCUT2D eigenvalue weighted by molar-refractivity contribution is 5.95. The maximum Gasteiger partial charge on any atom is 0.338 e. The van der Waals surface area contributed by atoms with E-state index >= 15 is 0 Å². The molecule has 0 amide bonds. The Kier molecular flexibility index (Phi) is 8.67.